The molecule has 1 aliphatic carbocycles. The van der Waals surface area contributed by atoms with Crippen LogP contribution in [0.3, 0.4) is 0 Å². The molecular formula is C26H28BN3O6S. The van der Waals surface area contributed by atoms with E-state index in [1.54, 1.807) is 42.5 Å². The van der Waals surface area contributed by atoms with E-state index in [0.717, 1.165) is 12.8 Å². The summed E-state index contributed by atoms with van der Waals surface area (Å²) in [5, 5.41) is 22.1. The molecule has 1 fully saturated rings. The molecule has 0 spiro atoms. The van der Waals surface area contributed by atoms with Gasteiger partial charge in [0.15, 0.2) is 0 Å². The predicted molar refractivity (Wildman–Crippen MR) is 138 cm³/mol. The Morgan fingerprint density at radius 2 is 1.73 bits per heavy atom. The Balaban J connectivity index is 1.57. The van der Waals surface area contributed by atoms with E-state index in [4.69, 9.17) is 0 Å². The van der Waals surface area contributed by atoms with Gasteiger partial charge in [-0.25, -0.2) is 8.42 Å². The molecule has 1 heterocycles. The Kier molecular flexibility index (Phi) is 8.50. The van der Waals surface area contributed by atoms with Crippen LogP contribution in [0.2, 0.25) is 0 Å². The van der Waals surface area contributed by atoms with Gasteiger partial charge in [-0.1, -0.05) is 61.4 Å². The van der Waals surface area contributed by atoms with Gasteiger partial charge in [0.1, 0.15) is 11.7 Å². The van der Waals surface area contributed by atoms with Gasteiger partial charge in [-0.3, -0.25) is 14.6 Å². The fourth-order valence-electron chi connectivity index (χ4n) is 3.99. The number of pyridine rings is 1. The Morgan fingerprint density at radius 3 is 2.38 bits per heavy atom. The van der Waals surface area contributed by atoms with E-state index in [1.807, 2.05) is 0 Å². The number of hydrogen-bond acceptors (Lipinski definition) is 7. The maximum absolute atomic E-state index is 13.3. The average Bonchev–Trinajstić information content (AvgIpc) is 3.72. The highest BCUT2D eigenvalue weighted by atomic mass is 32.2. The minimum atomic E-state index is -4.24. The first kappa shape index (κ1) is 26.7. The lowest BCUT2D eigenvalue weighted by Gasteiger charge is -2.23. The van der Waals surface area contributed by atoms with Gasteiger partial charge in [0.2, 0.25) is 21.7 Å². The molecule has 1 amide bonds. The van der Waals surface area contributed by atoms with Crippen molar-refractivity contribution in [3.8, 4) is 0 Å². The second-order valence-corrected chi connectivity index (χ2v) is 10.9. The highest BCUT2D eigenvalue weighted by Crippen LogP contribution is 2.33. The molecule has 37 heavy (non-hydrogen) atoms. The van der Waals surface area contributed by atoms with Crippen molar-refractivity contribution in [1.29, 1.82) is 0 Å². The van der Waals surface area contributed by atoms with Gasteiger partial charge in [0, 0.05) is 11.8 Å². The molecule has 0 aliphatic heterocycles. The summed E-state index contributed by atoms with van der Waals surface area (Å²) in [5.41, 5.74) is 1.03. The van der Waals surface area contributed by atoms with Gasteiger partial charge in [-0.2, -0.15) is 4.72 Å². The molecule has 3 aromatic rings. The van der Waals surface area contributed by atoms with Crippen molar-refractivity contribution in [2.24, 2.45) is 5.92 Å². The van der Waals surface area contributed by atoms with Crippen LogP contribution in [0.4, 0.5) is 0 Å². The zero-order chi connectivity index (χ0) is 26.4. The number of benzene rings is 2. The molecule has 4 rings (SSSR count). The number of rotatable bonds is 12. The zero-order valence-electron chi connectivity index (χ0n) is 20.0. The highest BCUT2D eigenvalue weighted by Gasteiger charge is 2.35. The summed E-state index contributed by atoms with van der Waals surface area (Å²) in [6, 6.07) is 18.1. The molecule has 1 aromatic heterocycles. The van der Waals surface area contributed by atoms with E-state index in [-0.39, 0.29) is 22.6 Å². The molecule has 0 bridgehead atoms. The Hall–Kier alpha value is -3.38. The molecule has 0 radical (unpaired) electrons. The molecule has 0 saturated heterocycles. The third kappa shape index (κ3) is 7.33. The van der Waals surface area contributed by atoms with Crippen molar-refractivity contribution >= 4 is 28.8 Å². The number of aromatic nitrogens is 1. The maximum Gasteiger partial charge on any atom is 0.475 e. The first-order valence-corrected chi connectivity index (χ1v) is 13.5. The highest BCUT2D eigenvalue weighted by molar-refractivity contribution is 7.89. The molecule has 2 atom stereocenters. The molecule has 1 saturated carbocycles. The predicted octanol–water partition coefficient (Wildman–Crippen LogP) is 1.50. The summed E-state index contributed by atoms with van der Waals surface area (Å²) in [7, 11) is -6.01. The third-order valence-corrected chi connectivity index (χ3v) is 7.64. The van der Waals surface area contributed by atoms with Crippen LogP contribution >= 0.6 is 0 Å². The van der Waals surface area contributed by atoms with Gasteiger partial charge < -0.3 is 15.4 Å². The SMILES string of the molecule is O=C(c1cccc(S(=O)(=O)N[C@@H](Cc2ccccc2)C(=O)N[C@@H](CC2CC2)B(O)O)c1)c1ccccn1. The van der Waals surface area contributed by atoms with Crippen LogP contribution < -0.4 is 10.0 Å². The Labute approximate surface area is 216 Å². The first-order valence-electron chi connectivity index (χ1n) is 12.0. The van der Waals surface area contributed by atoms with Crippen LogP contribution in [-0.4, -0.2) is 54.2 Å². The molecule has 11 heteroatoms. The Morgan fingerprint density at radius 1 is 1.00 bits per heavy atom. The lowest BCUT2D eigenvalue weighted by atomic mass is 9.76. The zero-order valence-corrected chi connectivity index (χ0v) is 20.8. The summed E-state index contributed by atoms with van der Waals surface area (Å²) in [6.07, 6.45) is 3.81. The number of carbonyl (C=O) groups is 2. The minimum Gasteiger partial charge on any atom is -0.426 e. The van der Waals surface area contributed by atoms with Crippen molar-refractivity contribution in [1.82, 2.24) is 15.0 Å². The smallest absolute Gasteiger partial charge is 0.426 e. The van der Waals surface area contributed by atoms with Crippen LogP contribution in [-0.2, 0) is 21.2 Å². The summed E-state index contributed by atoms with van der Waals surface area (Å²) in [4.78, 5) is 29.8. The summed E-state index contributed by atoms with van der Waals surface area (Å²) in [6.45, 7) is 0. The van der Waals surface area contributed by atoms with Crippen LogP contribution in [0.5, 0.6) is 0 Å². The molecule has 192 valence electrons. The number of amides is 1. The van der Waals surface area contributed by atoms with Gasteiger partial charge in [-0.05, 0) is 48.6 Å². The van der Waals surface area contributed by atoms with Crippen LogP contribution in [0.25, 0.3) is 0 Å². The quantitative estimate of drug-likeness (QED) is 0.209. The summed E-state index contributed by atoms with van der Waals surface area (Å²) in [5.74, 6) is -1.72. The third-order valence-electron chi connectivity index (χ3n) is 6.17. The summed E-state index contributed by atoms with van der Waals surface area (Å²) < 4.78 is 29.1. The van der Waals surface area contributed by atoms with E-state index in [0.29, 0.717) is 17.9 Å². The van der Waals surface area contributed by atoms with E-state index in [1.165, 1.54) is 36.5 Å². The lowest BCUT2D eigenvalue weighted by Crippen LogP contribution is -2.54. The standard InChI is InChI=1S/C26H28BN3O6S/c31-25(22-11-4-5-14-28-22)20-9-6-10-21(17-20)37(35,36)30-23(15-18-7-2-1-3-8-18)26(32)29-24(27(33)34)16-19-12-13-19/h1-11,14,17,19,23-24,30,33-34H,12-13,15-16H2,(H,29,32)/t23-,24-/m0/s1. The number of hydrogen-bond donors (Lipinski definition) is 4. The van der Waals surface area contributed by atoms with Crippen molar-refractivity contribution < 1.29 is 28.1 Å². The number of nitrogens with one attached hydrogen (secondary N) is 2. The fourth-order valence-corrected chi connectivity index (χ4v) is 5.23. The second kappa shape index (κ2) is 11.8. The normalized spacial score (nSPS) is 15.0. The fraction of sp³-hybridized carbons (Fsp3) is 0.269. The molecule has 4 N–H and O–H groups in total. The van der Waals surface area contributed by atoms with Crippen LogP contribution in [0.1, 0.15) is 40.9 Å². The number of ketones is 1. The number of sulfonamides is 1. The molecule has 9 nitrogen and oxygen atoms in total. The van der Waals surface area contributed by atoms with E-state index in [2.05, 4.69) is 15.0 Å². The van der Waals surface area contributed by atoms with E-state index >= 15 is 0 Å². The maximum atomic E-state index is 13.3. The number of nitrogens with zero attached hydrogens (tertiary/aromatic N) is 1. The number of carbonyl (C=O) groups excluding carboxylic acids is 2. The van der Waals surface area contributed by atoms with Crippen LogP contribution in [0.15, 0.2) is 83.9 Å². The van der Waals surface area contributed by atoms with Gasteiger partial charge in [0.05, 0.1) is 10.8 Å². The molecule has 0 unspecified atom stereocenters. The largest absolute Gasteiger partial charge is 0.475 e. The second-order valence-electron chi connectivity index (χ2n) is 9.14. The van der Waals surface area contributed by atoms with Gasteiger partial charge in [0.25, 0.3) is 0 Å². The van der Waals surface area contributed by atoms with Crippen LogP contribution in [0, 0.1) is 5.92 Å². The van der Waals surface area contributed by atoms with E-state index in [9.17, 15) is 28.1 Å². The summed E-state index contributed by atoms with van der Waals surface area (Å²) >= 11 is 0. The monoisotopic (exact) mass is 521 g/mol. The topological polar surface area (TPSA) is 146 Å². The van der Waals surface area contributed by atoms with Crippen molar-refractivity contribution in [3.63, 3.8) is 0 Å². The molecular weight excluding hydrogens is 493 g/mol. The van der Waals surface area contributed by atoms with Gasteiger partial charge in [-0.15, -0.1) is 0 Å². The van der Waals surface area contributed by atoms with Crippen molar-refractivity contribution in [2.45, 2.75) is 42.6 Å². The van der Waals surface area contributed by atoms with E-state index < -0.39 is 40.8 Å². The van der Waals surface area contributed by atoms with Gasteiger partial charge >= 0.3 is 7.12 Å². The minimum absolute atomic E-state index is 0.0378. The lowest BCUT2D eigenvalue weighted by molar-refractivity contribution is -0.123. The first-order chi connectivity index (χ1) is 17.7. The molecule has 1 aliphatic rings. The molecule has 2 aromatic carbocycles. The van der Waals surface area contributed by atoms with Crippen molar-refractivity contribution in [3.05, 3.63) is 95.8 Å². The van der Waals surface area contributed by atoms with Crippen molar-refractivity contribution in [2.75, 3.05) is 0 Å². The average molecular weight is 521 g/mol. The Bertz CT molecular complexity index is 1330.